The van der Waals surface area contributed by atoms with E-state index in [0.717, 1.165) is 30.5 Å². The van der Waals surface area contributed by atoms with Crippen LogP contribution >= 0.6 is 0 Å². The molecule has 2 nitrogen and oxygen atoms in total. The monoisotopic (exact) mass is 386 g/mol. The number of unbranched alkanes of at least 4 members (excludes halogenated alkanes) is 2. The van der Waals surface area contributed by atoms with Gasteiger partial charge in [-0.25, -0.2) is 8.78 Å². The lowest BCUT2D eigenvalue weighted by atomic mass is 9.87. The number of piperazine rings is 1. The Morgan fingerprint density at radius 3 is 1.71 bits per heavy atom. The number of benzene rings is 2. The summed E-state index contributed by atoms with van der Waals surface area (Å²) < 4.78 is 26.6. The lowest BCUT2D eigenvalue weighted by molar-refractivity contribution is 0.135. The van der Waals surface area contributed by atoms with Gasteiger partial charge in [0.1, 0.15) is 11.6 Å². The van der Waals surface area contributed by atoms with Crippen molar-refractivity contribution in [2.45, 2.75) is 38.5 Å². The number of halogens is 2. The van der Waals surface area contributed by atoms with Gasteiger partial charge in [-0.2, -0.15) is 0 Å². The van der Waals surface area contributed by atoms with E-state index in [1.165, 1.54) is 69.8 Å². The molecule has 1 heterocycles. The number of rotatable bonds is 9. The second kappa shape index (κ2) is 10.7. The van der Waals surface area contributed by atoms with Crippen LogP contribution in [-0.2, 0) is 0 Å². The number of hydrogen-bond donors (Lipinski definition) is 0. The third-order valence-electron chi connectivity index (χ3n) is 5.92. The first-order chi connectivity index (χ1) is 13.7. The molecule has 152 valence electrons. The summed E-state index contributed by atoms with van der Waals surface area (Å²) in [5.74, 6) is -0.246. The van der Waals surface area contributed by atoms with Crippen molar-refractivity contribution < 1.29 is 8.78 Å². The van der Waals surface area contributed by atoms with E-state index in [-0.39, 0.29) is 17.6 Å². The molecule has 4 heteroatoms. The molecule has 0 radical (unpaired) electrons. The zero-order valence-corrected chi connectivity index (χ0v) is 16.9. The molecular formula is C24H32F2N2. The Hall–Kier alpha value is -1.78. The van der Waals surface area contributed by atoms with E-state index < -0.39 is 0 Å². The van der Waals surface area contributed by atoms with E-state index in [4.69, 9.17) is 0 Å². The molecule has 0 aromatic heterocycles. The molecule has 1 fully saturated rings. The molecule has 2 aromatic rings. The Labute approximate surface area is 168 Å². The fourth-order valence-corrected chi connectivity index (χ4v) is 4.11. The Kier molecular flexibility index (Phi) is 7.99. The second-order valence-corrected chi connectivity index (χ2v) is 7.78. The second-order valence-electron chi connectivity index (χ2n) is 7.78. The van der Waals surface area contributed by atoms with E-state index in [2.05, 4.69) is 16.7 Å². The highest BCUT2D eigenvalue weighted by atomic mass is 19.1. The van der Waals surface area contributed by atoms with Crippen LogP contribution in [0.2, 0.25) is 0 Å². The number of nitrogens with zero attached hydrogens (tertiary/aromatic N) is 2. The van der Waals surface area contributed by atoms with Crippen LogP contribution in [-0.4, -0.2) is 49.1 Å². The first-order valence-electron chi connectivity index (χ1n) is 10.6. The first-order valence-corrected chi connectivity index (χ1v) is 10.6. The van der Waals surface area contributed by atoms with Gasteiger partial charge in [-0.15, -0.1) is 0 Å². The summed E-state index contributed by atoms with van der Waals surface area (Å²) in [4.78, 5) is 5.08. The predicted octanol–water partition coefficient (Wildman–Crippen LogP) is 5.29. The summed E-state index contributed by atoms with van der Waals surface area (Å²) in [6.07, 6.45) is 4.52. The first kappa shape index (κ1) is 20.9. The minimum atomic E-state index is -0.218. The highest BCUT2D eigenvalue weighted by molar-refractivity contribution is 5.32. The van der Waals surface area contributed by atoms with Crippen molar-refractivity contribution in [1.29, 1.82) is 0 Å². The van der Waals surface area contributed by atoms with E-state index >= 15 is 0 Å². The molecule has 0 bridgehead atoms. The third-order valence-corrected chi connectivity index (χ3v) is 5.92. The third kappa shape index (κ3) is 6.11. The summed E-state index contributed by atoms with van der Waals surface area (Å²) >= 11 is 0. The van der Waals surface area contributed by atoms with Gasteiger partial charge in [0.15, 0.2) is 0 Å². The minimum absolute atomic E-state index is 0.189. The molecule has 0 amide bonds. The quantitative estimate of drug-likeness (QED) is 0.540. The van der Waals surface area contributed by atoms with E-state index in [9.17, 15) is 8.78 Å². The highest BCUT2D eigenvalue weighted by Crippen LogP contribution is 2.30. The molecular weight excluding hydrogens is 354 g/mol. The lowest BCUT2D eigenvalue weighted by Gasteiger charge is -2.34. The molecule has 28 heavy (non-hydrogen) atoms. The summed E-state index contributed by atoms with van der Waals surface area (Å²) in [5.41, 5.74) is 2.20. The van der Waals surface area contributed by atoms with Gasteiger partial charge in [0.05, 0.1) is 0 Å². The van der Waals surface area contributed by atoms with Gasteiger partial charge in [0.25, 0.3) is 0 Å². The van der Waals surface area contributed by atoms with Crippen molar-refractivity contribution in [2.75, 3.05) is 39.3 Å². The van der Waals surface area contributed by atoms with E-state index in [1.807, 2.05) is 24.3 Å². The van der Waals surface area contributed by atoms with Gasteiger partial charge in [0.2, 0.25) is 0 Å². The molecule has 1 aliphatic heterocycles. The highest BCUT2D eigenvalue weighted by Gasteiger charge is 2.16. The molecule has 3 rings (SSSR count). The predicted molar refractivity (Wildman–Crippen MR) is 112 cm³/mol. The van der Waals surface area contributed by atoms with Crippen LogP contribution in [0.1, 0.15) is 49.7 Å². The fraction of sp³-hybridized carbons (Fsp3) is 0.500. The maximum absolute atomic E-state index is 13.3. The topological polar surface area (TPSA) is 6.48 Å². The van der Waals surface area contributed by atoms with Gasteiger partial charge in [-0.3, -0.25) is 0 Å². The Bertz CT molecular complexity index is 646. The maximum Gasteiger partial charge on any atom is 0.123 e. The minimum Gasteiger partial charge on any atom is -0.301 e. The van der Waals surface area contributed by atoms with Crippen LogP contribution in [0.4, 0.5) is 8.78 Å². The normalized spacial score (nSPS) is 16.0. The molecule has 0 aliphatic carbocycles. The number of likely N-dealkylation sites (N-methyl/N-ethyl adjacent to an activating group) is 1. The molecule has 2 aromatic carbocycles. The van der Waals surface area contributed by atoms with Gasteiger partial charge >= 0.3 is 0 Å². The zero-order chi connectivity index (χ0) is 19.8. The molecule has 0 saturated carbocycles. The molecule has 0 spiro atoms. The van der Waals surface area contributed by atoms with Crippen LogP contribution in [0.5, 0.6) is 0 Å². The zero-order valence-electron chi connectivity index (χ0n) is 16.9. The van der Waals surface area contributed by atoms with E-state index in [1.54, 1.807) is 0 Å². The van der Waals surface area contributed by atoms with Crippen molar-refractivity contribution in [2.24, 2.45) is 0 Å². The summed E-state index contributed by atoms with van der Waals surface area (Å²) in [5, 5.41) is 0. The molecule has 1 saturated heterocycles. The molecule has 1 aliphatic rings. The van der Waals surface area contributed by atoms with Crippen LogP contribution < -0.4 is 0 Å². The summed E-state index contributed by atoms with van der Waals surface area (Å²) in [6.45, 7) is 9.30. The molecule has 0 N–H and O–H groups in total. The molecule has 0 unspecified atom stereocenters. The van der Waals surface area contributed by atoms with Crippen molar-refractivity contribution in [3.05, 3.63) is 71.3 Å². The van der Waals surface area contributed by atoms with Crippen LogP contribution in [0.15, 0.2) is 48.5 Å². The molecule has 0 atom stereocenters. The Balaban J connectivity index is 1.49. The Morgan fingerprint density at radius 2 is 1.21 bits per heavy atom. The smallest absolute Gasteiger partial charge is 0.123 e. The van der Waals surface area contributed by atoms with Crippen LogP contribution in [0.25, 0.3) is 0 Å². The number of hydrogen-bond acceptors (Lipinski definition) is 2. The van der Waals surface area contributed by atoms with Crippen LogP contribution in [0.3, 0.4) is 0 Å². The van der Waals surface area contributed by atoms with Gasteiger partial charge < -0.3 is 9.80 Å². The maximum atomic E-state index is 13.3. The summed E-state index contributed by atoms with van der Waals surface area (Å²) in [7, 11) is 0. The van der Waals surface area contributed by atoms with Crippen molar-refractivity contribution in [3.8, 4) is 0 Å². The van der Waals surface area contributed by atoms with E-state index in [0.29, 0.717) is 0 Å². The standard InChI is InChI=1S/C24H32F2N2/c1-2-27-16-18-28(19-17-27)15-5-3-4-6-24(20-7-11-22(25)12-8-20)21-9-13-23(26)14-10-21/h7-14,24H,2-6,15-19H2,1H3. The average Bonchev–Trinajstić information content (AvgIpc) is 2.73. The fourth-order valence-electron chi connectivity index (χ4n) is 4.11. The summed E-state index contributed by atoms with van der Waals surface area (Å²) in [6, 6.07) is 13.5. The van der Waals surface area contributed by atoms with Crippen molar-refractivity contribution in [1.82, 2.24) is 9.80 Å². The van der Waals surface area contributed by atoms with Gasteiger partial charge in [0, 0.05) is 32.1 Å². The average molecular weight is 387 g/mol. The Morgan fingerprint density at radius 1 is 0.714 bits per heavy atom. The SMILES string of the molecule is CCN1CCN(CCCCCC(c2ccc(F)cc2)c2ccc(F)cc2)CC1. The largest absolute Gasteiger partial charge is 0.301 e. The van der Waals surface area contributed by atoms with Gasteiger partial charge in [-0.1, -0.05) is 44.0 Å². The van der Waals surface area contributed by atoms with Crippen LogP contribution in [0, 0.1) is 11.6 Å². The van der Waals surface area contributed by atoms with Crippen molar-refractivity contribution >= 4 is 0 Å². The van der Waals surface area contributed by atoms with Crippen molar-refractivity contribution in [3.63, 3.8) is 0 Å². The lowest BCUT2D eigenvalue weighted by Crippen LogP contribution is -2.46. The van der Waals surface area contributed by atoms with Gasteiger partial charge in [-0.05, 0) is 61.3 Å².